The zero-order chi connectivity index (χ0) is 14.7. The first-order valence-electron chi connectivity index (χ1n) is 5.82. The lowest BCUT2D eigenvalue weighted by molar-refractivity contribution is 0.0991. The van der Waals surface area contributed by atoms with E-state index in [9.17, 15) is 4.79 Å². The highest BCUT2D eigenvalue weighted by Crippen LogP contribution is 2.34. The van der Waals surface area contributed by atoms with Crippen molar-refractivity contribution in [1.29, 1.82) is 0 Å². The van der Waals surface area contributed by atoms with Crippen LogP contribution >= 0.6 is 55.1 Å². The highest BCUT2D eigenvalue weighted by Gasteiger charge is 2.26. The summed E-state index contributed by atoms with van der Waals surface area (Å²) in [6.45, 7) is 0. The van der Waals surface area contributed by atoms with Crippen molar-refractivity contribution in [1.82, 2.24) is 0 Å². The number of hydrogen-bond donors (Lipinski definition) is 0. The van der Waals surface area contributed by atoms with Crippen LogP contribution in [0.4, 0.5) is 0 Å². The molecule has 0 N–H and O–H groups in total. The molecule has 0 radical (unpaired) electrons. The molecule has 0 saturated carbocycles. The van der Waals surface area contributed by atoms with Gasteiger partial charge in [0.15, 0.2) is 5.78 Å². The summed E-state index contributed by atoms with van der Waals surface area (Å²) >= 11 is 18.8. The summed E-state index contributed by atoms with van der Waals surface area (Å²) in [6.07, 6.45) is 0. The fraction of sp³-hybridized carbons (Fsp3) is 0.133. The second kappa shape index (κ2) is 7.08. The minimum absolute atomic E-state index is 0.0106. The molecule has 0 spiro atoms. The molecule has 0 aliphatic carbocycles. The van der Waals surface area contributed by atoms with Crippen LogP contribution in [0.3, 0.4) is 0 Å². The molecule has 0 fully saturated rings. The van der Waals surface area contributed by atoms with E-state index in [1.807, 2.05) is 18.2 Å². The Morgan fingerprint density at radius 1 is 0.950 bits per heavy atom. The number of halogens is 4. The maximum absolute atomic E-state index is 12.4. The number of benzene rings is 2. The van der Waals surface area contributed by atoms with Crippen molar-refractivity contribution >= 4 is 60.8 Å². The van der Waals surface area contributed by atoms with E-state index in [0.717, 1.165) is 5.56 Å². The molecule has 0 amide bonds. The topological polar surface area (TPSA) is 17.1 Å². The molecule has 0 aliphatic heterocycles. The second-order valence-corrected chi connectivity index (χ2v) is 7.08. The molecule has 2 aromatic carbocycles. The quantitative estimate of drug-likeness (QED) is 0.419. The third-order valence-electron chi connectivity index (χ3n) is 2.80. The minimum Gasteiger partial charge on any atom is -0.293 e. The van der Waals surface area contributed by atoms with Crippen molar-refractivity contribution in [3.63, 3.8) is 0 Å². The summed E-state index contributed by atoms with van der Waals surface area (Å²) in [4.78, 5) is 11.9. The van der Waals surface area contributed by atoms with Gasteiger partial charge < -0.3 is 0 Å². The van der Waals surface area contributed by atoms with Gasteiger partial charge in [0.2, 0.25) is 0 Å². The summed E-state index contributed by atoms with van der Waals surface area (Å²) in [5.41, 5.74) is 1.56. The van der Waals surface area contributed by atoms with Crippen LogP contribution in [0.2, 0.25) is 10.0 Å². The molecule has 0 aromatic heterocycles. The number of ketones is 1. The number of alkyl halides is 2. The van der Waals surface area contributed by atoms with E-state index in [-0.39, 0.29) is 15.4 Å². The van der Waals surface area contributed by atoms with Gasteiger partial charge in [-0.3, -0.25) is 4.79 Å². The van der Waals surface area contributed by atoms with Gasteiger partial charge in [0, 0.05) is 15.6 Å². The van der Waals surface area contributed by atoms with Crippen molar-refractivity contribution in [2.24, 2.45) is 0 Å². The molecule has 0 bridgehead atoms. The number of carbonyl (C=O) groups is 1. The number of carbonyl (C=O) groups excluding carboxylic acids is 1. The Bertz CT molecular complexity index is 614. The monoisotopic (exact) mass is 434 g/mol. The van der Waals surface area contributed by atoms with Gasteiger partial charge in [-0.2, -0.15) is 0 Å². The van der Waals surface area contributed by atoms with Crippen LogP contribution in [0.5, 0.6) is 0 Å². The SMILES string of the molecule is O=C(c1ccc(Cl)cc1)C(Br)C(Br)c1cccc(Cl)c1. The Balaban J connectivity index is 2.20. The fourth-order valence-electron chi connectivity index (χ4n) is 1.75. The lowest BCUT2D eigenvalue weighted by Crippen LogP contribution is -2.19. The van der Waals surface area contributed by atoms with E-state index in [0.29, 0.717) is 15.6 Å². The Morgan fingerprint density at radius 3 is 2.20 bits per heavy atom. The summed E-state index contributed by atoms with van der Waals surface area (Å²) in [5.74, 6) is -0.0106. The molecule has 0 heterocycles. The van der Waals surface area contributed by atoms with E-state index in [1.54, 1.807) is 30.3 Å². The molecule has 104 valence electrons. The standard InChI is InChI=1S/C15H10Br2Cl2O/c16-13(10-2-1-3-12(19)8-10)14(17)15(20)9-4-6-11(18)7-5-9/h1-8,13-14H. The van der Waals surface area contributed by atoms with Crippen LogP contribution in [-0.4, -0.2) is 10.6 Å². The summed E-state index contributed by atoms with van der Waals surface area (Å²) < 4.78 is 0. The molecule has 2 aromatic rings. The van der Waals surface area contributed by atoms with Gasteiger partial charge in [0.1, 0.15) is 0 Å². The van der Waals surface area contributed by atoms with E-state index in [1.165, 1.54) is 0 Å². The van der Waals surface area contributed by atoms with Gasteiger partial charge >= 0.3 is 0 Å². The Labute approximate surface area is 144 Å². The zero-order valence-corrected chi connectivity index (χ0v) is 14.9. The molecule has 20 heavy (non-hydrogen) atoms. The van der Waals surface area contributed by atoms with Crippen LogP contribution < -0.4 is 0 Å². The van der Waals surface area contributed by atoms with Crippen molar-refractivity contribution in [2.45, 2.75) is 9.65 Å². The molecular formula is C15H10Br2Cl2O. The summed E-state index contributed by atoms with van der Waals surface area (Å²) in [7, 11) is 0. The molecule has 2 atom stereocenters. The third kappa shape index (κ3) is 3.85. The fourth-order valence-corrected chi connectivity index (χ4v) is 3.17. The average molecular weight is 437 g/mol. The van der Waals surface area contributed by atoms with Gasteiger partial charge in [0.05, 0.1) is 9.65 Å². The minimum atomic E-state index is -0.387. The predicted octanol–water partition coefficient (Wildman–Crippen LogP) is 6.08. The first kappa shape index (κ1) is 16.0. The lowest BCUT2D eigenvalue weighted by Gasteiger charge is -2.16. The first-order valence-corrected chi connectivity index (χ1v) is 8.41. The normalized spacial score (nSPS) is 13.8. The summed E-state index contributed by atoms with van der Waals surface area (Å²) in [6, 6.07) is 14.3. The van der Waals surface area contributed by atoms with Crippen LogP contribution in [-0.2, 0) is 0 Å². The molecule has 0 saturated heterocycles. The van der Waals surface area contributed by atoms with Crippen molar-refractivity contribution in [2.75, 3.05) is 0 Å². The second-order valence-electron chi connectivity index (χ2n) is 4.23. The smallest absolute Gasteiger partial charge is 0.177 e. The van der Waals surface area contributed by atoms with Gasteiger partial charge in [0.25, 0.3) is 0 Å². The van der Waals surface area contributed by atoms with Crippen molar-refractivity contribution in [3.8, 4) is 0 Å². The Hall–Kier alpha value is -0.350. The van der Waals surface area contributed by atoms with Crippen molar-refractivity contribution < 1.29 is 4.79 Å². The van der Waals surface area contributed by atoms with Crippen LogP contribution in [0.1, 0.15) is 20.7 Å². The van der Waals surface area contributed by atoms with Crippen molar-refractivity contribution in [3.05, 3.63) is 69.7 Å². The van der Waals surface area contributed by atoms with Crippen LogP contribution in [0, 0.1) is 0 Å². The average Bonchev–Trinajstić information content (AvgIpc) is 2.46. The first-order chi connectivity index (χ1) is 9.49. The van der Waals surface area contributed by atoms with Gasteiger partial charge in [-0.1, -0.05) is 67.2 Å². The Kier molecular flexibility index (Phi) is 5.67. The molecule has 5 heteroatoms. The molecule has 2 unspecified atom stereocenters. The molecule has 2 rings (SSSR count). The number of Topliss-reactive ketones (excluding diaryl/α,β-unsaturated/α-hetero) is 1. The largest absolute Gasteiger partial charge is 0.293 e. The van der Waals surface area contributed by atoms with E-state index in [2.05, 4.69) is 31.9 Å². The highest BCUT2D eigenvalue weighted by molar-refractivity contribution is 9.12. The van der Waals surface area contributed by atoms with E-state index >= 15 is 0 Å². The lowest BCUT2D eigenvalue weighted by atomic mass is 10.0. The number of rotatable bonds is 4. The van der Waals surface area contributed by atoms with Gasteiger partial charge in [-0.25, -0.2) is 0 Å². The van der Waals surface area contributed by atoms with Crippen LogP contribution in [0.15, 0.2) is 48.5 Å². The van der Waals surface area contributed by atoms with E-state index in [4.69, 9.17) is 23.2 Å². The molecule has 1 nitrogen and oxygen atoms in total. The van der Waals surface area contributed by atoms with Crippen LogP contribution in [0.25, 0.3) is 0 Å². The zero-order valence-electron chi connectivity index (χ0n) is 10.2. The predicted molar refractivity (Wildman–Crippen MR) is 91.6 cm³/mol. The highest BCUT2D eigenvalue weighted by atomic mass is 79.9. The third-order valence-corrected chi connectivity index (χ3v) is 6.00. The maximum Gasteiger partial charge on any atom is 0.177 e. The van der Waals surface area contributed by atoms with Gasteiger partial charge in [-0.05, 0) is 42.0 Å². The molecule has 0 aliphatic rings. The van der Waals surface area contributed by atoms with E-state index < -0.39 is 0 Å². The summed E-state index contributed by atoms with van der Waals surface area (Å²) in [5, 5.41) is 1.25. The maximum atomic E-state index is 12.4. The Morgan fingerprint density at radius 2 is 1.60 bits per heavy atom. The molecular weight excluding hydrogens is 427 g/mol. The van der Waals surface area contributed by atoms with Gasteiger partial charge in [-0.15, -0.1) is 0 Å². The number of hydrogen-bond acceptors (Lipinski definition) is 1.